The molecule has 0 radical (unpaired) electrons. The highest BCUT2D eigenvalue weighted by Crippen LogP contribution is 2.14. The first-order chi connectivity index (χ1) is 8.28. The highest BCUT2D eigenvalue weighted by Gasteiger charge is 1.96. The molecule has 4 heteroatoms. The van der Waals surface area contributed by atoms with E-state index in [1.807, 2.05) is 24.3 Å². The van der Waals surface area contributed by atoms with Crippen molar-refractivity contribution in [2.75, 3.05) is 12.4 Å². The fourth-order valence-electron chi connectivity index (χ4n) is 1.40. The van der Waals surface area contributed by atoms with E-state index in [4.69, 9.17) is 4.74 Å². The van der Waals surface area contributed by atoms with Gasteiger partial charge in [0.05, 0.1) is 13.3 Å². The molecular weight excluding hydrogens is 280 g/mol. The van der Waals surface area contributed by atoms with E-state index in [2.05, 4.69) is 38.4 Å². The highest BCUT2D eigenvalue weighted by atomic mass is 79.9. The average Bonchev–Trinajstić information content (AvgIpc) is 2.39. The Labute approximate surface area is 109 Å². The predicted octanol–water partition coefficient (Wildman–Crippen LogP) is 3.46. The van der Waals surface area contributed by atoms with Crippen molar-refractivity contribution >= 4 is 21.7 Å². The van der Waals surface area contributed by atoms with Gasteiger partial charge in [-0.1, -0.05) is 28.1 Å². The SMILES string of the molecule is COc1ccc(NCc2ccc(Br)cc2)nc1. The quantitative estimate of drug-likeness (QED) is 0.937. The fourth-order valence-corrected chi connectivity index (χ4v) is 1.66. The summed E-state index contributed by atoms with van der Waals surface area (Å²) < 4.78 is 6.14. The number of rotatable bonds is 4. The molecular formula is C13H13BrN2O. The van der Waals surface area contributed by atoms with E-state index in [1.165, 1.54) is 5.56 Å². The summed E-state index contributed by atoms with van der Waals surface area (Å²) in [6.45, 7) is 0.757. The average molecular weight is 293 g/mol. The van der Waals surface area contributed by atoms with Gasteiger partial charge < -0.3 is 10.1 Å². The van der Waals surface area contributed by atoms with Gasteiger partial charge in [0.25, 0.3) is 0 Å². The number of methoxy groups -OCH3 is 1. The van der Waals surface area contributed by atoms with Crippen molar-refractivity contribution in [2.45, 2.75) is 6.54 Å². The zero-order chi connectivity index (χ0) is 12.1. The van der Waals surface area contributed by atoms with E-state index >= 15 is 0 Å². The van der Waals surface area contributed by atoms with Crippen LogP contribution in [0.2, 0.25) is 0 Å². The lowest BCUT2D eigenvalue weighted by atomic mass is 10.2. The smallest absolute Gasteiger partial charge is 0.137 e. The fraction of sp³-hybridized carbons (Fsp3) is 0.154. The summed E-state index contributed by atoms with van der Waals surface area (Å²) in [7, 11) is 1.63. The molecule has 88 valence electrons. The molecule has 1 N–H and O–H groups in total. The van der Waals surface area contributed by atoms with E-state index < -0.39 is 0 Å². The van der Waals surface area contributed by atoms with Gasteiger partial charge in [-0.2, -0.15) is 0 Å². The van der Waals surface area contributed by atoms with Crippen LogP contribution in [0.15, 0.2) is 47.1 Å². The molecule has 2 rings (SSSR count). The van der Waals surface area contributed by atoms with E-state index in [0.717, 1.165) is 22.6 Å². The zero-order valence-corrected chi connectivity index (χ0v) is 11.1. The summed E-state index contributed by atoms with van der Waals surface area (Å²) in [4.78, 5) is 4.24. The third-order valence-corrected chi connectivity index (χ3v) is 2.89. The van der Waals surface area contributed by atoms with Gasteiger partial charge in [-0.05, 0) is 29.8 Å². The third-order valence-electron chi connectivity index (χ3n) is 2.36. The Morgan fingerprint density at radius 3 is 2.53 bits per heavy atom. The predicted molar refractivity (Wildman–Crippen MR) is 72.3 cm³/mol. The van der Waals surface area contributed by atoms with Crippen LogP contribution in [0.5, 0.6) is 5.75 Å². The topological polar surface area (TPSA) is 34.1 Å². The second-order valence-electron chi connectivity index (χ2n) is 3.56. The molecule has 0 aliphatic heterocycles. The number of aromatic nitrogens is 1. The third kappa shape index (κ3) is 3.46. The molecule has 17 heavy (non-hydrogen) atoms. The number of pyridine rings is 1. The van der Waals surface area contributed by atoms with Crippen molar-refractivity contribution in [2.24, 2.45) is 0 Å². The summed E-state index contributed by atoms with van der Waals surface area (Å²) >= 11 is 3.41. The van der Waals surface area contributed by atoms with Crippen LogP contribution < -0.4 is 10.1 Å². The van der Waals surface area contributed by atoms with E-state index in [0.29, 0.717) is 0 Å². The molecule has 0 saturated carbocycles. The zero-order valence-electron chi connectivity index (χ0n) is 9.48. The lowest BCUT2D eigenvalue weighted by Crippen LogP contribution is -2.00. The number of nitrogens with one attached hydrogen (secondary N) is 1. The molecule has 0 atom stereocenters. The van der Waals surface area contributed by atoms with Gasteiger partial charge in [0.1, 0.15) is 11.6 Å². The Balaban J connectivity index is 1.95. The van der Waals surface area contributed by atoms with Gasteiger partial charge in [-0.25, -0.2) is 4.98 Å². The number of benzene rings is 1. The summed E-state index contributed by atoms with van der Waals surface area (Å²) in [5, 5.41) is 3.25. The summed E-state index contributed by atoms with van der Waals surface area (Å²) in [5.41, 5.74) is 1.21. The monoisotopic (exact) mass is 292 g/mol. The van der Waals surface area contributed by atoms with Crippen LogP contribution in [0.3, 0.4) is 0 Å². The Morgan fingerprint density at radius 2 is 1.94 bits per heavy atom. The molecule has 0 bridgehead atoms. The number of hydrogen-bond donors (Lipinski definition) is 1. The van der Waals surface area contributed by atoms with E-state index in [9.17, 15) is 0 Å². The highest BCUT2D eigenvalue weighted by molar-refractivity contribution is 9.10. The van der Waals surface area contributed by atoms with E-state index in [1.54, 1.807) is 13.3 Å². The number of anilines is 1. The molecule has 3 nitrogen and oxygen atoms in total. The number of ether oxygens (including phenoxy) is 1. The van der Waals surface area contributed by atoms with Crippen LogP contribution in [0, 0.1) is 0 Å². The molecule has 0 spiro atoms. The van der Waals surface area contributed by atoms with Crippen LogP contribution in [-0.2, 0) is 6.54 Å². The second kappa shape index (κ2) is 5.68. The van der Waals surface area contributed by atoms with Gasteiger partial charge in [0.2, 0.25) is 0 Å². The minimum atomic E-state index is 0.757. The Morgan fingerprint density at radius 1 is 1.18 bits per heavy atom. The van der Waals surface area contributed by atoms with E-state index in [-0.39, 0.29) is 0 Å². The lowest BCUT2D eigenvalue weighted by molar-refractivity contribution is 0.413. The second-order valence-corrected chi connectivity index (χ2v) is 4.48. The number of halogens is 1. The summed E-state index contributed by atoms with van der Waals surface area (Å²) in [6, 6.07) is 12.0. The molecule has 1 aromatic heterocycles. The minimum Gasteiger partial charge on any atom is -0.495 e. The molecule has 0 aliphatic rings. The molecule has 0 fully saturated rings. The maximum atomic E-state index is 5.05. The Bertz CT molecular complexity index is 468. The first kappa shape index (κ1) is 11.9. The summed E-state index contributed by atoms with van der Waals surface area (Å²) in [6.07, 6.45) is 1.70. The maximum absolute atomic E-state index is 5.05. The largest absolute Gasteiger partial charge is 0.495 e. The van der Waals surface area contributed by atoms with Crippen molar-refractivity contribution in [1.29, 1.82) is 0 Å². The first-order valence-electron chi connectivity index (χ1n) is 5.26. The molecule has 1 heterocycles. The Kier molecular flexibility index (Phi) is 3.98. The van der Waals surface area contributed by atoms with Crippen molar-refractivity contribution in [3.8, 4) is 5.75 Å². The molecule has 0 aliphatic carbocycles. The molecule has 0 amide bonds. The standard InChI is InChI=1S/C13H13BrN2O/c1-17-12-6-7-13(16-9-12)15-8-10-2-4-11(14)5-3-10/h2-7,9H,8H2,1H3,(H,15,16). The van der Waals surface area contributed by atoms with Crippen LogP contribution in [0.25, 0.3) is 0 Å². The first-order valence-corrected chi connectivity index (χ1v) is 6.05. The van der Waals surface area contributed by atoms with Crippen LogP contribution >= 0.6 is 15.9 Å². The summed E-state index contributed by atoms with van der Waals surface area (Å²) in [5.74, 6) is 1.60. The van der Waals surface area contributed by atoms with Crippen LogP contribution in [0.1, 0.15) is 5.56 Å². The van der Waals surface area contributed by atoms with Crippen molar-refractivity contribution in [3.63, 3.8) is 0 Å². The molecule has 2 aromatic rings. The number of hydrogen-bond acceptors (Lipinski definition) is 3. The van der Waals surface area contributed by atoms with Crippen LogP contribution in [0.4, 0.5) is 5.82 Å². The number of nitrogens with zero attached hydrogens (tertiary/aromatic N) is 1. The molecule has 0 unspecified atom stereocenters. The van der Waals surface area contributed by atoms with Crippen LogP contribution in [-0.4, -0.2) is 12.1 Å². The lowest BCUT2D eigenvalue weighted by Gasteiger charge is -2.06. The van der Waals surface area contributed by atoms with Crippen molar-refractivity contribution < 1.29 is 4.74 Å². The van der Waals surface area contributed by atoms with Gasteiger partial charge in [-0.15, -0.1) is 0 Å². The van der Waals surface area contributed by atoms with Gasteiger partial charge >= 0.3 is 0 Å². The Hall–Kier alpha value is -1.55. The normalized spacial score (nSPS) is 10.0. The van der Waals surface area contributed by atoms with Crippen molar-refractivity contribution in [1.82, 2.24) is 4.98 Å². The van der Waals surface area contributed by atoms with Gasteiger partial charge in [0, 0.05) is 11.0 Å². The van der Waals surface area contributed by atoms with Gasteiger partial charge in [-0.3, -0.25) is 0 Å². The minimum absolute atomic E-state index is 0.757. The molecule has 0 saturated heterocycles. The van der Waals surface area contributed by atoms with Gasteiger partial charge in [0.15, 0.2) is 0 Å². The van der Waals surface area contributed by atoms with Crippen molar-refractivity contribution in [3.05, 3.63) is 52.6 Å². The molecule has 1 aromatic carbocycles. The maximum Gasteiger partial charge on any atom is 0.137 e.